The fourth-order valence-electron chi connectivity index (χ4n) is 1.20. The van der Waals surface area contributed by atoms with E-state index >= 15 is 0 Å². The molecule has 0 aromatic carbocycles. The average molecular weight is 155 g/mol. The summed E-state index contributed by atoms with van der Waals surface area (Å²) in [5.74, 6) is 0.264. The number of rotatable bonds is 0. The van der Waals surface area contributed by atoms with E-state index in [0.717, 1.165) is 6.42 Å². The molecule has 2 nitrogen and oxygen atoms in total. The molecule has 0 aromatic heterocycles. The molecule has 1 saturated heterocycles. The summed E-state index contributed by atoms with van der Waals surface area (Å²) >= 11 is 1.86. The molecule has 2 heterocycles. The van der Waals surface area contributed by atoms with Crippen LogP contribution in [0.3, 0.4) is 0 Å². The predicted molar refractivity (Wildman–Crippen MR) is 41.4 cm³/mol. The Balaban J connectivity index is 2.14. The van der Waals surface area contributed by atoms with E-state index in [1.54, 1.807) is 0 Å². The van der Waals surface area contributed by atoms with Gasteiger partial charge < -0.3 is 4.90 Å². The van der Waals surface area contributed by atoms with E-state index in [2.05, 4.69) is 13.0 Å². The lowest BCUT2D eigenvalue weighted by atomic mass is 10.2. The van der Waals surface area contributed by atoms with Gasteiger partial charge in [-0.25, -0.2) is 0 Å². The second-order valence-corrected chi connectivity index (χ2v) is 4.20. The van der Waals surface area contributed by atoms with Crippen LogP contribution in [0.2, 0.25) is 0 Å². The number of hydrogen-bond acceptors (Lipinski definition) is 2. The highest BCUT2D eigenvalue weighted by Gasteiger charge is 2.37. The third kappa shape index (κ3) is 0.770. The molecule has 0 aliphatic carbocycles. The molecule has 0 spiro atoms. The first kappa shape index (κ1) is 6.28. The summed E-state index contributed by atoms with van der Waals surface area (Å²) in [6, 6.07) is 0. The molecule has 3 heteroatoms. The first-order valence-electron chi connectivity index (χ1n) is 3.42. The Labute approximate surface area is 64.3 Å². The van der Waals surface area contributed by atoms with Gasteiger partial charge >= 0.3 is 0 Å². The Morgan fingerprint density at radius 3 is 3.20 bits per heavy atom. The van der Waals surface area contributed by atoms with Crippen LogP contribution in [0.25, 0.3) is 0 Å². The molecule has 10 heavy (non-hydrogen) atoms. The molecule has 2 aliphatic rings. The van der Waals surface area contributed by atoms with E-state index in [4.69, 9.17) is 0 Å². The lowest BCUT2D eigenvalue weighted by Crippen LogP contribution is -2.49. The third-order valence-corrected chi connectivity index (χ3v) is 3.13. The molecule has 0 aromatic rings. The Kier molecular flexibility index (Phi) is 1.27. The molecule has 0 bridgehead atoms. The van der Waals surface area contributed by atoms with Crippen molar-refractivity contribution in [3.8, 4) is 0 Å². The SMILES string of the molecule is CC1C=CN2C(=O)C[C@H]2S1. The number of carbonyl (C=O) groups excluding carboxylic acids is 1. The second-order valence-electron chi connectivity index (χ2n) is 2.64. The van der Waals surface area contributed by atoms with Gasteiger partial charge in [-0.15, -0.1) is 11.8 Å². The zero-order valence-electron chi connectivity index (χ0n) is 5.78. The average Bonchev–Trinajstić information content (AvgIpc) is 1.86. The molecule has 0 saturated carbocycles. The van der Waals surface area contributed by atoms with Gasteiger partial charge in [-0.05, 0) is 6.92 Å². The molecule has 2 atom stereocenters. The summed E-state index contributed by atoms with van der Waals surface area (Å²) in [6.45, 7) is 2.15. The van der Waals surface area contributed by atoms with Crippen LogP contribution >= 0.6 is 11.8 Å². The molecule has 1 fully saturated rings. The van der Waals surface area contributed by atoms with Gasteiger partial charge in [0.1, 0.15) is 0 Å². The van der Waals surface area contributed by atoms with Crippen LogP contribution in [0, 0.1) is 0 Å². The van der Waals surface area contributed by atoms with Crippen molar-refractivity contribution < 1.29 is 4.79 Å². The Morgan fingerprint density at radius 1 is 1.80 bits per heavy atom. The van der Waals surface area contributed by atoms with Gasteiger partial charge in [-0.3, -0.25) is 4.79 Å². The largest absolute Gasteiger partial charge is 0.306 e. The zero-order valence-corrected chi connectivity index (χ0v) is 6.60. The highest BCUT2D eigenvalue weighted by atomic mass is 32.2. The van der Waals surface area contributed by atoms with Gasteiger partial charge in [0.25, 0.3) is 0 Å². The van der Waals surface area contributed by atoms with Gasteiger partial charge in [0.2, 0.25) is 5.91 Å². The number of amides is 1. The van der Waals surface area contributed by atoms with Gasteiger partial charge in [0.05, 0.1) is 11.8 Å². The van der Waals surface area contributed by atoms with Gasteiger partial charge in [-0.2, -0.15) is 0 Å². The van der Waals surface area contributed by atoms with E-state index < -0.39 is 0 Å². The first-order valence-corrected chi connectivity index (χ1v) is 4.36. The van der Waals surface area contributed by atoms with Crippen molar-refractivity contribution in [2.45, 2.75) is 24.0 Å². The highest BCUT2D eigenvalue weighted by Crippen LogP contribution is 2.36. The van der Waals surface area contributed by atoms with Crippen molar-refractivity contribution in [1.82, 2.24) is 4.90 Å². The van der Waals surface area contributed by atoms with Crippen LogP contribution in [-0.2, 0) is 4.79 Å². The van der Waals surface area contributed by atoms with Crippen LogP contribution in [-0.4, -0.2) is 21.4 Å². The van der Waals surface area contributed by atoms with Gasteiger partial charge in [0, 0.05) is 11.4 Å². The van der Waals surface area contributed by atoms with Crippen LogP contribution < -0.4 is 0 Å². The lowest BCUT2D eigenvalue weighted by molar-refractivity contribution is -0.137. The van der Waals surface area contributed by atoms with E-state index in [1.807, 2.05) is 22.9 Å². The summed E-state index contributed by atoms with van der Waals surface area (Å²) < 4.78 is 0. The Hall–Kier alpha value is -0.440. The minimum absolute atomic E-state index is 0.264. The normalized spacial score (nSPS) is 37.3. The molecule has 0 N–H and O–H groups in total. The van der Waals surface area contributed by atoms with Crippen LogP contribution in [0.5, 0.6) is 0 Å². The van der Waals surface area contributed by atoms with Crippen molar-refractivity contribution in [2.24, 2.45) is 0 Å². The molecule has 0 radical (unpaired) electrons. The fourth-order valence-corrected chi connectivity index (χ4v) is 2.42. The maximum atomic E-state index is 10.8. The van der Waals surface area contributed by atoms with Crippen LogP contribution in [0.4, 0.5) is 0 Å². The number of hydrogen-bond donors (Lipinski definition) is 0. The molecule has 1 amide bonds. The van der Waals surface area contributed by atoms with Crippen LogP contribution in [0.1, 0.15) is 13.3 Å². The van der Waals surface area contributed by atoms with E-state index in [0.29, 0.717) is 10.6 Å². The number of fused-ring (bicyclic) bond motifs is 1. The molecule has 2 rings (SSSR count). The second kappa shape index (κ2) is 2.02. The summed E-state index contributed by atoms with van der Waals surface area (Å²) in [5, 5.41) is 1.03. The highest BCUT2D eigenvalue weighted by molar-refractivity contribution is 8.00. The Bertz CT molecular complexity index is 202. The topological polar surface area (TPSA) is 20.3 Å². The summed E-state index contributed by atoms with van der Waals surface area (Å²) in [4.78, 5) is 12.6. The van der Waals surface area contributed by atoms with Crippen LogP contribution in [0.15, 0.2) is 12.3 Å². The number of thioether (sulfide) groups is 1. The molecular weight excluding hydrogens is 146 g/mol. The maximum Gasteiger partial charge on any atom is 0.230 e. The number of β-lactam (4-membered cyclic amide) rings is 1. The van der Waals surface area contributed by atoms with Crippen molar-refractivity contribution >= 4 is 17.7 Å². The summed E-state index contributed by atoms with van der Waals surface area (Å²) in [7, 11) is 0. The van der Waals surface area contributed by atoms with Crippen molar-refractivity contribution in [1.29, 1.82) is 0 Å². The maximum absolute atomic E-state index is 10.8. The first-order chi connectivity index (χ1) is 4.77. The Morgan fingerprint density at radius 2 is 2.60 bits per heavy atom. The van der Waals surface area contributed by atoms with Crippen molar-refractivity contribution in [2.75, 3.05) is 0 Å². The predicted octanol–water partition coefficient (Wildman–Crippen LogP) is 1.19. The number of carbonyl (C=O) groups is 1. The fraction of sp³-hybridized carbons (Fsp3) is 0.571. The molecule has 1 unspecified atom stereocenters. The quantitative estimate of drug-likeness (QED) is 0.490. The van der Waals surface area contributed by atoms with E-state index in [-0.39, 0.29) is 5.91 Å². The van der Waals surface area contributed by atoms with Crippen molar-refractivity contribution in [3.05, 3.63) is 12.3 Å². The zero-order chi connectivity index (χ0) is 7.14. The minimum Gasteiger partial charge on any atom is -0.306 e. The van der Waals surface area contributed by atoms with E-state index in [9.17, 15) is 4.79 Å². The van der Waals surface area contributed by atoms with E-state index in [1.165, 1.54) is 0 Å². The molecule has 54 valence electrons. The van der Waals surface area contributed by atoms with Gasteiger partial charge in [0.15, 0.2) is 0 Å². The lowest BCUT2D eigenvalue weighted by Gasteiger charge is -2.41. The summed E-state index contributed by atoms with van der Waals surface area (Å²) in [5.41, 5.74) is 0. The minimum atomic E-state index is 0.264. The van der Waals surface area contributed by atoms with Gasteiger partial charge in [-0.1, -0.05) is 6.08 Å². The number of nitrogens with zero attached hydrogens (tertiary/aromatic N) is 1. The molecular formula is C7H9NOS. The molecule has 2 aliphatic heterocycles. The standard InChI is InChI=1S/C7H9NOS/c1-5-2-3-8-6(9)4-7(8)10-5/h2-3,5,7H,4H2,1H3/t5?,7-/m1/s1. The summed E-state index contributed by atoms with van der Waals surface area (Å²) in [6.07, 6.45) is 4.72. The smallest absolute Gasteiger partial charge is 0.230 e. The third-order valence-electron chi connectivity index (χ3n) is 1.84. The monoisotopic (exact) mass is 155 g/mol. The van der Waals surface area contributed by atoms with Crippen molar-refractivity contribution in [3.63, 3.8) is 0 Å².